The van der Waals surface area contributed by atoms with Crippen LogP contribution in [0, 0.1) is 5.92 Å². The Morgan fingerprint density at radius 2 is 2.18 bits per heavy atom. The number of nitrogens with zero attached hydrogens (tertiary/aromatic N) is 2. The molecule has 0 aliphatic carbocycles. The Bertz CT molecular complexity index is 323. The predicted molar refractivity (Wildman–Crippen MR) is 70.8 cm³/mol. The summed E-state index contributed by atoms with van der Waals surface area (Å²) in [5.74, 6) is 0.819. The number of hydrogen-bond acceptors (Lipinski definition) is 3. The van der Waals surface area contributed by atoms with Crippen molar-refractivity contribution in [3.8, 4) is 0 Å². The van der Waals surface area contributed by atoms with Gasteiger partial charge in [0.15, 0.2) is 0 Å². The molecule has 1 aromatic heterocycles. The van der Waals surface area contributed by atoms with Gasteiger partial charge in [0, 0.05) is 31.5 Å². The van der Waals surface area contributed by atoms with Crippen LogP contribution in [0.3, 0.4) is 0 Å². The molecule has 1 unspecified atom stereocenters. The van der Waals surface area contributed by atoms with Crippen LogP contribution in [0.25, 0.3) is 0 Å². The second kappa shape index (κ2) is 6.12. The molecule has 0 saturated carbocycles. The van der Waals surface area contributed by atoms with Gasteiger partial charge in [0.1, 0.15) is 0 Å². The zero-order chi connectivity index (χ0) is 12.1. The van der Waals surface area contributed by atoms with Crippen molar-refractivity contribution < 1.29 is 0 Å². The fourth-order valence-corrected chi connectivity index (χ4v) is 2.37. The molecule has 2 heterocycles. The number of aromatic nitrogens is 1. The van der Waals surface area contributed by atoms with E-state index in [0.29, 0.717) is 6.04 Å². The maximum atomic E-state index is 4.06. The first kappa shape index (κ1) is 12.5. The highest BCUT2D eigenvalue weighted by Gasteiger charge is 2.22. The molecule has 0 amide bonds. The van der Waals surface area contributed by atoms with Crippen molar-refractivity contribution in [1.29, 1.82) is 0 Å². The van der Waals surface area contributed by atoms with E-state index in [4.69, 9.17) is 0 Å². The van der Waals surface area contributed by atoms with Crippen molar-refractivity contribution in [2.75, 3.05) is 19.6 Å². The van der Waals surface area contributed by atoms with Crippen LogP contribution in [0.1, 0.15) is 25.8 Å². The van der Waals surface area contributed by atoms with E-state index in [2.05, 4.69) is 41.2 Å². The molecule has 1 saturated heterocycles. The van der Waals surface area contributed by atoms with Gasteiger partial charge in [-0.25, -0.2) is 0 Å². The number of hydrogen-bond donors (Lipinski definition) is 1. The van der Waals surface area contributed by atoms with Gasteiger partial charge in [0.25, 0.3) is 0 Å². The third kappa shape index (κ3) is 4.10. The molecule has 0 aromatic carbocycles. The van der Waals surface area contributed by atoms with Gasteiger partial charge in [-0.2, -0.15) is 0 Å². The first-order chi connectivity index (χ1) is 8.24. The molecule has 0 bridgehead atoms. The average molecular weight is 233 g/mol. The van der Waals surface area contributed by atoms with E-state index < -0.39 is 0 Å². The first-order valence-electron chi connectivity index (χ1n) is 6.58. The summed E-state index contributed by atoms with van der Waals surface area (Å²) < 4.78 is 0. The van der Waals surface area contributed by atoms with Gasteiger partial charge in [-0.1, -0.05) is 13.8 Å². The maximum Gasteiger partial charge on any atom is 0.0271 e. The summed E-state index contributed by atoms with van der Waals surface area (Å²) in [7, 11) is 0. The zero-order valence-electron chi connectivity index (χ0n) is 10.9. The predicted octanol–water partition coefficient (Wildman–Crippen LogP) is 1.90. The van der Waals surface area contributed by atoms with Crippen molar-refractivity contribution in [3.05, 3.63) is 30.1 Å². The van der Waals surface area contributed by atoms with Crippen LogP contribution in [0.5, 0.6) is 0 Å². The van der Waals surface area contributed by atoms with Crippen molar-refractivity contribution in [2.45, 2.75) is 32.9 Å². The Balaban J connectivity index is 1.74. The molecule has 94 valence electrons. The number of nitrogens with one attached hydrogen (secondary N) is 1. The van der Waals surface area contributed by atoms with Crippen LogP contribution < -0.4 is 5.32 Å². The molecule has 1 aliphatic rings. The Kier molecular flexibility index (Phi) is 4.51. The van der Waals surface area contributed by atoms with Gasteiger partial charge in [-0.15, -0.1) is 0 Å². The van der Waals surface area contributed by atoms with Gasteiger partial charge in [-0.05, 0) is 43.1 Å². The van der Waals surface area contributed by atoms with E-state index in [1.54, 1.807) is 0 Å². The van der Waals surface area contributed by atoms with Crippen molar-refractivity contribution in [1.82, 2.24) is 15.2 Å². The lowest BCUT2D eigenvalue weighted by Gasteiger charge is -2.17. The summed E-state index contributed by atoms with van der Waals surface area (Å²) in [6.07, 6.45) is 5.08. The van der Waals surface area contributed by atoms with E-state index in [0.717, 1.165) is 19.0 Å². The minimum atomic E-state index is 0.601. The summed E-state index contributed by atoms with van der Waals surface area (Å²) >= 11 is 0. The topological polar surface area (TPSA) is 28.2 Å². The number of pyridine rings is 1. The summed E-state index contributed by atoms with van der Waals surface area (Å²) in [5.41, 5.74) is 1.37. The van der Waals surface area contributed by atoms with Gasteiger partial charge in [0.2, 0.25) is 0 Å². The van der Waals surface area contributed by atoms with Crippen molar-refractivity contribution in [2.24, 2.45) is 5.92 Å². The second-order valence-electron chi connectivity index (χ2n) is 5.31. The molecule has 17 heavy (non-hydrogen) atoms. The summed E-state index contributed by atoms with van der Waals surface area (Å²) in [6.45, 7) is 9.10. The third-order valence-corrected chi connectivity index (χ3v) is 3.34. The fourth-order valence-electron chi connectivity index (χ4n) is 2.37. The lowest BCUT2D eigenvalue weighted by atomic mass is 10.1. The Hall–Kier alpha value is -0.930. The molecule has 2 rings (SSSR count). The lowest BCUT2D eigenvalue weighted by molar-refractivity contribution is 0.312. The van der Waals surface area contributed by atoms with Gasteiger partial charge in [0.05, 0.1) is 0 Å². The van der Waals surface area contributed by atoms with E-state index >= 15 is 0 Å². The standard InChI is InChI=1S/C14H23N3/c1-12(2)16-9-14-5-8-17(11-14)10-13-3-6-15-7-4-13/h3-4,6-7,12,14,16H,5,8-11H2,1-2H3. The highest BCUT2D eigenvalue weighted by Crippen LogP contribution is 2.17. The number of likely N-dealkylation sites (tertiary alicyclic amines) is 1. The van der Waals surface area contributed by atoms with Gasteiger partial charge < -0.3 is 5.32 Å². The van der Waals surface area contributed by atoms with Crippen LogP contribution in [-0.2, 0) is 6.54 Å². The molecule has 0 radical (unpaired) electrons. The minimum absolute atomic E-state index is 0.601. The highest BCUT2D eigenvalue weighted by atomic mass is 15.1. The van der Waals surface area contributed by atoms with E-state index in [1.807, 2.05) is 12.4 Å². The van der Waals surface area contributed by atoms with Crippen LogP contribution >= 0.6 is 0 Å². The van der Waals surface area contributed by atoms with Crippen molar-refractivity contribution >= 4 is 0 Å². The maximum absolute atomic E-state index is 4.06. The summed E-state index contributed by atoms with van der Waals surface area (Å²) in [4.78, 5) is 6.60. The second-order valence-corrected chi connectivity index (χ2v) is 5.31. The molecule has 1 aromatic rings. The van der Waals surface area contributed by atoms with Crippen LogP contribution in [0.4, 0.5) is 0 Å². The molecular formula is C14H23N3. The average Bonchev–Trinajstić information content (AvgIpc) is 2.75. The first-order valence-corrected chi connectivity index (χ1v) is 6.58. The molecule has 1 N–H and O–H groups in total. The fraction of sp³-hybridized carbons (Fsp3) is 0.643. The Morgan fingerprint density at radius 3 is 2.88 bits per heavy atom. The van der Waals surface area contributed by atoms with Crippen LogP contribution in [0.15, 0.2) is 24.5 Å². The third-order valence-electron chi connectivity index (χ3n) is 3.34. The largest absolute Gasteiger partial charge is 0.314 e. The quantitative estimate of drug-likeness (QED) is 0.842. The van der Waals surface area contributed by atoms with E-state index in [9.17, 15) is 0 Å². The van der Waals surface area contributed by atoms with Crippen molar-refractivity contribution in [3.63, 3.8) is 0 Å². The highest BCUT2D eigenvalue weighted by molar-refractivity contribution is 5.09. The summed E-state index contributed by atoms with van der Waals surface area (Å²) in [5, 5.41) is 3.54. The molecule has 3 nitrogen and oxygen atoms in total. The molecule has 3 heteroatoms. The Morgan fingerprint density at radius 1 is 1.41 bits per heavy atom. The normalized spacial score (nSPS) is 21.2. The molecule has 1 fully saturated rings. The van der Waals surface area contributed by atoms with Gasteiger partial charge in [-0.3, -0.25) is 9.88 Å². The monoisotopic (exact) mass is 233 g/mol. The van der Waals surface area contributed by atoms with Crippen LogP contribution in [0.2, 0.25) is 0 Å². The van der Waals surface area contributed by atoms with E-state index in [-0.39, 0.29) is 0 Å². The lowest BCUT2D eigenvalue weighted by Crippen LogP contribution is -2.30. The molecule has 0 spiro atoms. The van der Waals surface area contributed by atoms with E-state index in [1.165, 1.54) is 25.1 Å². The molecule has 1 aliphatic heterocycles. The molecule has 1 atom stereocenters. The number of rotatable bonds is 5. The molecular weight excluding hydrogens is 210 g/mol. The van der Waals surface area contributed by atoms with Crippen LogP contribution in [-0.4, -0.2) is 35.6 Å². The SMILES string of the molecule is CC(C)NCC1CCN(Cc2ccncc2)C1. The van der Waals surface area contributed by atoms with Gasteiger partial charge >= 0.3 is 0 Å². The zero-order valence-corrected chi connectivity index (χ0v) is 10.9. The smallest absolute Gasteiger partial charge is 0.0271 e. The summed E-state index contributed by atoms with van der Waals surface area (Å²) in [6, 6.07) is 4.82. The Labute approximate surface area is 104 Å². The minimum Gasteiger partial charge on any atom is -0.314 e.